The molecule has 3 N–H and O–H groups in total. The fourth-order valence-electron chi connectivity index (χ4n) is 5.10. The highest BCUT2D eigenvalue weighted by atomic mass is 32.2. The van der Waals surface area contributed by atoms with Crippen LogP contribution in [0.25, 0.3) is 16.6 Å². The molecular formula is C30H26F3N5O5S. The van der Waals surface area contributed by atoms with Crippen LogP contribution in [0.1, 0.15) is 28.0 Å². The second-order valence-corrected chi connectivity index (χ2v) is 12.2. The molecule has 3 aromatic carbocycles. The normalized spacial score (nSPS) is 14.4. The average Bonchev–Trinajstić information content (AvgIpc) is 3.68. The van der Waals surface area contributed by atoms with Gasteiger partial charge in [0.1, 0.15) is 23.9 Å². The van der Waals surface area contributed by atoms with Gasteiger partial charge in [-0.05, 0) is 67.4 Å². The van der Waals surface area contributed by atoms with E-state index in [4.69, 9.17) is 15.2 Å². The van der Waals surface area contributed by atoms with Crippen LogP contribution in [0.3, 0.4) is 0 Å². The largest absolute Gasteiger partial charge is 0.485 e. The minimum atomic E-state index is -3.64. The molecule has 0 bridgehead atoms. The highest BCUT2D eigenvalue weighted by molar-refractivity contribution is 7.93. The number of nitrogens with zero attached hydrogens (tertiary/aromatic N) is 3. The highest BCUT2D eigenvalue weighted by Gasteiger charge is 2.31. The number of anilines is 2. The molecule has 0 atom stereocenters. The Morgan fingerprint density at radius 3 is 2.59 bits per heavy atom. The fourth-order valence-corrected chi connectivity index (χ4v) is 6.66. The number of ketones is 1. The highest BCUT2D eigenvalue weighted by Crippen LogP contribution is 2.38. The van der Waals surface area contributed by atoms with Crippen LogP contribution in [-0.4, -0.2) is 54.3 Å². The standard InChI is InChI=1S/C30H26F3N5O5S/c1-17-11-19(43-26-6-3-2-5-21(26)31)7-8-24(17)38-30(34)20(15-35-38)29(39)23-12-18-13-27(42-16-28(32)33)25(14-22(18)36-23)37-9-4-10-44(37,40)41/h2-3,5-8,11-15,28,36H,4,9-10,16,34H2,1H3. The number of para-hydroxylation sites is 1. The Bertz CT molecular complexity index is 2010. The Labute approximate surface area is 249 Å². The average molecular weight is 626 g/mol. The molecule has 1 fully saturated rings. The zero-order chi connectivity index (χ0) is 31.2. The number of hydrogen-bond acceptors (Lipinski definition) is 7. The summed E-state index contributed by atoms with van der Waals surface area (Å²) in [7, 11) is -3.64. The number of rotatable bonds is 9. The van der Waals surface area contributed by atoms with E-state index in [0.29, 0.717) is 34.3 Å². The topological polar surface area (TPSA) is 133 Å². The van der Waals surface area contributed by atoms with E-state index in [2.05, 4.69) is 10.1 Å². The van der Waals surface area contributed by atoms with Crippen molar-refractivity contribution < 1.29 is 35.9 Å². The van der Waals surface area contributed by atoms with Crippen molar-refractivity contribution in [2.24, 2.45) is 0 Å². The summed E-state index contributed by atoms with van der Waals surface area (Å²) >= 11 is 0. The number of halogens is 3. The molecule has 6 rings (SSSR count). The van der Waals surface area contributed by atoms with Crippen molar-refractivity contribution in [2.45, 2.75) is 19.8 Å². The number of carbonyl (C=O) groups is 1. The lowest BCUT2D eigenvalue weighted by atomic mass is 10.1. The van der Waals surface area contributed by atoms with Gasteiger partial charge in [-0.1, -0.05) is 12.1 Å². The molecular weight excluding hydrogens is 599 g/mol. The summed E-state index contributed by atoms with van der Waals surface area (Å²) in [5.74, 6) is -0.568. The first kappa shape index (κ1) is 29.1. The maximum Gasteiger partial charge on any atom is 0.272 e. The molecule has 228 valence electrons. The van der Waals surface area contributed by atoms with Crippen molar-refractivity contribution in [1.29, 1.82) is 0 Å². The van der Waals surface area contributed by atoms with E-state index in [-0.39, 0.29) is 46.6 Å². The van der Waals surface area contributed by atoms with E-state index >= 15 is 0 Å². The third-order valence-electron chi connectivity index (χ3n) is 7.19. The maximum atomic E-state index is 14.0. The van der Waals surface area contributed by atoms with Gasteiger partial charge in [0.15, 0.2) is 11.6 Å². The lowest BCUT2D eigenvalue weighted by molar-refractivity contribution is 0.0822. The van der Waals surface area contributed by atoms with Crippen LogP contribution in [0.2, 0.25) is 0 Å². The van der Waals surface area contributed by atoms with Crippen LogP contribution in [0, 0.1) is 12.7 Å². The van der Waals surface area contributed by atoms with Crippen molar-refractivity contribution in [2.75, 3.05) is 28.9 Å². The smallest absolute Gasteiger partial charge is 0.272 e. The van der Waals surface area contributed by atoms with Gasteiger partial charge in [0.25, 0.3) is 6.43 Å². The van der Waals surface area contributed by atoms with Crippen molar-refractivity contribution >= 4 is 38.2 Å². The number of H-pyrrole nitrogens is 1. The molecule has 2 aromatic heterocycles. The number of ether oxygens (including phenoxy) is 2. The number of fused-ring (bicyclic) bond motifs is 1. The molecule has 14 heteroatoms. The van der Waals surface area contributed by atoms with E-state index in [0.717, 1.165) is 4.31 Å². The molecule has 0 radical (unpaired) electrons. The third-order valence-corrected chi connectivity index (χ3v) is 9.05. The van der Waals surface area contributed by atoms with Crippen molar-refractivity contribution in [1.82, 2.24) is 14.8 Å². The van der Waals surface area contributed by atoms with Crippen LogP contribution in [0.15, 0.2) is 66.9 Å². The van der Waals surface area contributed by atoms with Crippen LogP contribution in [0.5, 0.6) is 17.2 Å². The van der Waals surface area contributed by atoms with E-state index in [1.54, 1.807) is 37.3 Å². The lowest BCUT2D eigenvalue weighted by Crippen LogP contribution is -2.26. The Balaban J connectivity index is 1.30. The minimum absolute atomic E-state index is 0.0356. The van der Waals surface area contributed by atoms with Gasteiger partial charge in [-0.3, -0.25) is 9.10 Å². The Morgan fingerprint density at radius 1 is 1.09 bits per heavy atom. The maximum absolute atomic E-state index is 14.0. The second kappa shape index (κ2) is 11.3. The van der Waals surface area contributed by atoms with E-state index in [1.165, 1.54) is 41.2 Å². The molecule has 1 aliphatic rings. The molecule has 0 saturated carbocycles. The fraction of sp³-hybridized carbons (Fsp3) is 0.200. The number of aryl methyl sites for hydroxylation is 1. The number of sulfonamides is 1. The van der Waals surface area contributed by atoms with Gasteiger partial charge in [0.05, 0.1) is 34.6 Å². The van der Waals surface area contributed by atoms with Crippen molar-refractivity contribution in [3.63, 3.8) is 0 Å². The second-order valence-electron chi connectivity index (χ2n) is 10.2. The summed E-state index contributed by atoms with van der Waals surface area (Å²) in [4.78, 5) is 16.5. The SMILES string of the molecule is Cc1cc(Oc2ccccc2F)ccc1-n1ncc(C(=O)c2cc3cc(OCC(F)F)c(N4CCCS4(=O)=O)cc3[nH]2)c1N. The van der Waals surface area contributed by atoms with E-state index in [9.17, 15) is 26.4 Å². The molecule has 10 nitrogen and oxygen atoms in total. The van der Waals surface area contributed by atoms with Gasteiger partial charge in [-0.15, -0.1) is 0 Å². The van der Waals surface area contributed by atoms with Crippen molar-refractivity contribution in [3.8, 4) is 22.9 Å². The number of hydrogen-bond donors (Lipinski definition) is 2. The quantitative estimate of drug-likeness (QED) is 0.204. The van der Waals surface area contributed by atoms with E-state index < -0.39 is 34.7 Å². The summed E-state index contributed by atoms with van der Waals surface area (Å²) in [5.41, 5.74) is 8.36. The first-order valence-electron chi connectivity index (χ1n) is 13.5. The van der Waals surface area contributed by atoms with Gasteiger partial charge in [-0.25, -0.2) is 26.3 Å². The number of carbonyl (C=O) groups excluding carboxylic acids is 1. The Kier molecular flexibility index (Phi) is 7.45. The monoisotopic (exact) mass is 625 g/mol. The molecule has 0 unspecified atom stereocenters. The number of nitrogens with two attached hydrogens (primary N) is 1. The summed E-state index contributed by atoms with van der Waals surface area (Å²) in [6.45, 7) is 1.04. The van der Waals surface area contributed by atoms with Crippen LogP contribution in [0.4, 0.5) is 24.7 Å². The zero-order valence-electron chi connectivity index (χ0n) is 23.3. The lowest BCUT2D eigenvalue weighted by Gasteiger charge is -2.20. The predicted molar refractivity (Wildman–Crippen MR) is 158 cm³/mol. The van der Waals surface area contributed by atoms with Crippen LogP contribution in [-0.2, 0) is 10.0 Å². The molecule has 44 heavy (non-hydrogen) atoms. The summed E-state index contributed by atoms with van der Waals surface area (Å²) in [6, 6.07) is 15.4. The van der Waals surface area contributed by atoms with Crippen LogP contribution < -0.4 is 19.5 Å². The number of alkyl halides is 2. The number of nitrogens with one attached hydrogen (secondary N) is 1. The zero-order valence-corrected chi connectivity index (χ0v) is 24.1. The molecule has 1 aliphatic heterocycles. The summed E-state index contributed by atoms with van der Waals surface area (Å²) in [5, 5.41) is 4.75. The Hall–Kier alpha value is -4.98. The Morgan fingerprint density at radius 2 is 1.89 bits per heavy atom. The van der Waals surface area contributed by atoms with Crippen LogP contribution >= 0.6 is 0 Å². The van der Waals surface area contributed by atoms with Crippen molar-refractivity contribution in [3.05, 3.63) is 89.5 Å². The minimum Gasteiger partial charge on any atom is -0.485 e. The summed E-state index contributed by atoms with van der Waals surface area (Å²) in [6.07, 6.45) is -1.06. The first-order valence-corrected chi connectivity index (χ1v) is 15.1. The van der Waals surface area contributed by atoms with Gasteiger partial charge in [0, 0.05) is 17.4 Å². The van der Waals surface area contributed by atoms with Gasteiger partial charge in [0.2, 0.25) is 15.8 Å². The van der Waals surface area contributed by atoms with Gasteiger partial charge in [-0.2, -0.15) is 5.10 Å². The first-order chi connectivity index (χ1) is 21.0. The predicted octanol–water partition coefficient (Wildman–Crippen LogP) is 5.59. The number of aromatic amines is 1. The van der Waals surface area contributed by atoms with Gasteiger partial charge < -0.3 is 20.2 Å². The molecule has 1 saturated heterocycles. The molecule has 0 aliphatic carbocycles. The number of nitrogen functional groups attached to an aromatic ring is 1. The molecule has 5 aromatic rings. The molecule has 0 amide bonds. The number of aromatic nitrogens is 3. The molecule has 3 heterocycles. The molecule has 0 spiro atoms. The third kappa shape index (κ3) is 5.43. The van der Waals surface area contributed by atoms with Gasteiger partial charge >= 0.3 is 0 Å². The summed E-state index contributed by atoms with van der Waals surface area (Å²) < 4.78 is 78.6. The number of benzene rings is 3. The van der Waals surface area contributed by atoms with E-state index in [1.807, 2.05) is 0 Å².